The summed E-state index contributed by atoms with van der Waals surface area (Å²) in [5, 5.41) is 11.3. The van der Waals surface area contributed by atoms with E-state index >= 15 is 0 Å². The van der Waals surface area contributed by atoms with E-state index in [1.165, 1.54) is 0 Å². The normalized spacial score (nSPS) is 19.6. The summed E-state index contributed by atoms with van der Waals surface area (Å²) in [7, 11) is 0. The minimum Gasteiger partial charge on any atom is -0.460 e. The third kappa shape index (κ3) is 3.52. The molecule has 0 heterocycles. The molecule has 2 atom stereocenters. The van der Waals surface area contributed by atoms with Gasteiger partial charge in [-0.2, -0.15) is 0 Å². The van der Waals surface area contributed by atoms with E-state index in [0.29, 0.717) is 5.56 Å². The highest BCUT2D eigenvalue weighted by atomic mass is 16.6. The number of aliphatic hydroxyl groups is 1. The lowest BCUT2D eigenvalue weighted by atomic mass is 9.80. The van der Waals surface area contributed by atoms with Crippen LogP contribution >= 0.6 is 0 Å². The fourth-order valence-electron chi connectivity index (χ4n) is 3.47. The second-order valence-corrected chi connectivity index (χ2v) is 6.34. The van der Waals surface area contributed by atoms with Gasteiger partial charge in [0.05, 0.1) is 0 Å². The van der Waals surface area contributed by atoms with Gasteiger partial charge in [-0.25, -0.2) is 4.79 Å². The molecule has 1 saturated carbocycles. The number of carbonyl (C=O) groups is 1. The zero-order valence-corrected chi connectivity index (χ0v) is 13.8. The van der Waals surface area contributed by atoms with Crippen molar-refractivity contribution in [1.82, 2.24) is 0 Å². The summed E-state index contributed by atoms with van der Waals surface area (Å²) in [6, 6.07) is 9.30. The Hall–Kier alpha value is -1.35. The summed E-state index contributed by atoms with van der Waals surface area (Å²) < 4.78 is 5.68. The third-order valence-electron chi connectivity index (χ3n) is 4.81. The Labute approximate surface area is 133 Å². The highest BCUT2D eigenvalue weighted by Gasteiger charge is 2.48. The van der Waals surface area contributed by atoms with E-state index in [2.05, 4.69) is 6.92 Å². The van der Waals surface area contributed by atoms with E-state index in [1.54, 1.807) is 0 Å². The molecule has 1 fully saturated rings. The molecule has 122 valence electrons. The van der Waals surface area contributed by atoms with Crippen LogP contribution in [0.25, 0.3) is 0 Å². The predicted octanol–water partition coefficient (Wildman–Crippen LogP) is 4.19. The molecule has 0 aromatic heterocycles. The lowest BCUT2D eigenvalue weighted by molar-refractivity contribution is -0.180. The van der Waals surface area contributed by atoms with Crippen molar-refractivity contribution in [3.63, 3.8) is 0 Å². The van der Waals surface area contributed by atoms with Crippen molar-refractivity contribution >= 4 is 5.97 Å². The van der Waals surface area contributed by atoms with Crippen molar-refractivity contribution in [3.05, 3.63) is 35.9 Å². The number of benzene rings is 1. The van der Waals surface area contributed by atoms with Gasteiger partial charge >= 0.3 is 5.97 Å². The quantitative estimate of drug-likeness (QED) is 0.768. The molecule has 0 bridgehead atoms. The fourth-order valence-corrected chi connectivity index (χ4v) is 3.47. The second kappa shape index (κ2) is 7.77. The Balaban J connectivity index is 2.26. The molecule has 0 radical (unpaired) electrons. The van der Waals surface area contributed by atoms with Gasteiger partial charge in [-0.1, -0.05) is 63.4 Å². The molecular weight excluding hydrogens is 276 g/mol. The van der Waals surface area contributed by atoms with Crippen molar-refractivity contribution in [2.24, 2.45) is 5.92 Å². The van der Waals surface area contributed by atoms with Crippen LogP contribution in [0.5, 0.6) is 0 Å². The number of hydrogen-bond acceptors (Lipinski definition) is 3. The molecule has 1 aromatic carbocycles. The summed E-state index contributed by atoms with van der Waals surface area (Å²) >= 11 is 0. The molecule has 1 aliphatic rings. The summed E-state index contributed by atoms with van der Waals surface area (Å²) in [4.78, 5) is 12.8. The van der Waals surface area contributed by atoms with Crippen molar-refractivity contribution in [2.45, 2.75) is 70.5 Å². The molecule has 0 spiro atoms. The summed E-state index contributed by atoms with van der Waals surface area (Å²) in [5.41, 5.74) is -0.836. The van der Waals surface area contributed by atoms with Crippen molar-refractivity contribution in [3.8, 4) is 0 Å². The van der Waals surface area contributed by atoms with E-state index in [1.807, 2.05) is 37.3 Å². The number of ether oxygens (including phenoxy) is 1. The van der Waals surface area contributed by atoms with E-state index in [-0.39, 0.29) is 12.0 Å². The van der Waals surface area contributed by atoms with Crippen LogP contribution in [-0.4, -0.2) is 17.2 Å². The lowest BCUT2D eigenvalue weighted by Crippen LogP contribution is -2.44. The topological polar surface area (TPSA) is 46.5 Å². The van der Waals surface area contributed by atoms with Gasteiger partial charge in [-0.15, -0.1) is 0 Å². The molecule has 0 saturated heterocycles. The maximum absolute atomic E-state index is 12.8. The van der Waals surface area contributed by atoms with Gasteiger partial charge in [0, 0.05) is 5.92 Å². The molecule has 1 aliphatic carbocycles. The number of hydrogen-bond donors (Lipinski definition) is 1. The standard InChI is InChI=1S/C19H28O3/c1-3-10-17(4-2)22-18(20)19(21,16-13-8-9-14-16)15-11-6-5-7-12-15/h5-7,11-12,16-17,21H,3-4,8-10,13-14H2,1-2H3/t17-,19+/m1/s1. The first-order valence-corrected chi connectivity index (χ1v) is 8.61. The predicted molar refractivity (Wildman–Crippen MR) is 87.4 cm³/mol. The summed E-state index contributed by atoms with van der Waals surface area (Å²) in [6.07, 6.45) is 6.40. The maximum atomic E-state index is 12.8. The zero-order chi connectivity index (χ0) is 16.0. The second-order valence-electron chi connectivity index (χ2n) is 6.34. The Morgan fingerprint density at radius 2 is 1.91 bits per heavy atom. The highest BCUT2D eigenvalue weighted by molar-refractivity contribution is 5.81. The van der Waals surface area contributed by atoms with Gasteiger partial charge in [0.1, 0.15) is 6.10 Å². The molecule has 0 aliphatic heterocycles. The van der Waals surface area contributed by atoms with Crippen LogP contribution in [0.2, 0.25) is 0 Å². The molecule has 22 heavy (non-hydrogen) atoms. The van der Waals surface area contributed by atoms with Crippen LogP contribution in [0.15, 0.2) is 30.3 Å². The lowest BCUT2D eigenvalue weighted by Gasteiger charge is -2.33. The number of carbonyl (C=O) groups excluding carboxylic acids is 1. The van der Waals surface area contributed by atoms with Crippen LogP contribution in [0, 0.1) is 5.92 Å². The number of esters is 1. The van der Waals surface area contributed by atoms with Crippen LogP contribution in [0.3, 0.4) is 0 Å². The monoisotopic (exact) mass is 304 g/mol. The highest BCUT2D eigenvalue weighted by Crippen LogP contribution is 2.41. The first-order valence-electron chi connectivity index (χ1n) is 8.61. The molecule has 0 amide bonds. The Bertz CT molecular complexity index is 465. The number of rotatable bonds is 7. The molecular formula is C19H28O3. The van der Waals surface area contributed by atoms with Gasteiger partial charge in [-0.3, -0.25) is 0 Å². The first kappa shape index (κ1) is 17.0. The van der Waals surface area contributed by atoms with Crippen LogP contribution in [0.1, 0.15) is 64.4 Å². The smallest absolute Gasteiger partial charge is 0.343 e. The Morgan fingerprint density at radius 3 is 2.45 bits per heavy atom. The third-order valence-corrected chi connectivity index (χ3v) is 4.81. The average molecular weight is 304 g/mol. The molecule has 0 unspecified atom stereocenters. The molecule has 1 N–H and O–H groups in total. The zero-order valence-electron chi connectivity index (χ0n) is 13.8. The first-order chi connectivity index (χ1) is 10.6. The Kier molecular flexibility index (Phi) is 6.01. The molecule has 1 aromatic rings. The van der Waals surface area contributed by atoms with Crippen molar-refractivity contribution in [1.29, 1.82) is 0 Å². The molecule has 2 rings (SSSR count). The van der Waals surface area contributed by atoms with Crippen molar-refractivity contribution in [2.75, 3.05) is 0 Å². The van der Waals surface area contributed by atoms with E-state index in [9.17, 15) is 9.90 Å². The van der Waals surface area contributed by atoms with E-state index in [4.69, 9.17) is 4.74 Å². The largest absolute Gasteiger partial charge is 0.460 e. The average Bonchev–Trinajstić information content (AvgIpc) is 3.09. The van der Waals surface area contributed by atoms with Crippen LogP contribution in [0.4, 0.5) is 0 Å². The van der Waals surface area contributed by atoms with E-state index in [0.717, 1.165) is 44.9 Å². The fraction of sp³-hybridized carbons (Fsp3) is 0.632. The minimum absolute atomic E-state index is 0.0402. The molecule has 3 heteroatoms. The van der Waals surface area contributed by atoms with Gasteiger partial charge in [0.25, 0.3) is 0 Å². The Morgan fingerprint density at radius 1 is 1.27 bits per heavy atom. The molecule has 3 nitrogen and oxygen atoms in total. The van der Waals surface area contributed by atoms with Gasteiger partial charge < -0.3 is 9.84 Å². The summed E-state index contributed by atoms with van der Waals surface area (Å²) in [5.74, 6) is -0.507. The van der Waals surface area contributed by atoms with Gasteiger partial charge in [0.15, 0.2) is 5.60 Å². The van der Waals surface area contributed by atoms with E-state index < -0.39 is 11.6 Å². The van der Waals surface area contributed by atoms with Crippen molar-refractivity contribution < 1.29 is 14.6 Å². The van der Waals surface area contributed by atoms with Gasteiger partial charge in [-0.05, 0) is 31.2 Å². The summed E-state index contributed by atoms with van der Waals surface area (Å²) in [6.45, 7) is 4.10. The SMILES string of the molecule is CCC[C@@H](CC)OC(=O)[C@](O)(c1ccccc1)C1CCCC1. The minimum atomic E-state index is -1.50. The van der Waals surface area contributed by atoms with Crippen LogP contribution < -0.4 is 0 Å². The maximum Gasteiger partial charge on any atom is 0.343 e. The van der Waals surface area contributed by atoms with Crippen LogP contribution in [-0.2, 0) is 15.1 Å². The van der Waals surface area contributed by atoms with Gasteiger partial charge in [0.2, 0.25) is 0 Å².